The van der Waals surface area contributed by atoms with Gasteiger partial charge in [-0.05, 0) is 17.7 Å². The molecule has 1 heterocycles. The van der Waals surface area contributed by atoms with Gasteiger partial charge in [-0.3, -0.25) is 4.98 Å². The van der Waals surface area contributed by atoms with E-state index in [2.05, 4.69) is 15.3 Å². The molecule has 0 saturated carbocycles. The van der Waals surface area contributed by atoms with E-state index in [-0.39, 0.29) is 0 Å². The SMILES string of the molecule is NCCNc1cncc(-c2cccc(/C=C/C(=O)O)c2)n1. The van der Waals surface area contributed by atoms with Gasteiger partial charge in [0.2, 0.25) is 0 Å². The van der Waals surface area contributed by atoms with Gasteiger partial charge in [0, 0.05) is 24.7 Å². The Morgan fingerprint density at radius 3 is 3.00 bits per heavy atom. The van der Waals surface area contributed by atoms with Crippen LogP contribution in [0.15, 0.2) is 42.7 Å². The second-order valence-corrected chi connectivity index (χ2v) is 4.30. The molecule has 0 radical (unpaired) electrons. The van der Waals surface area contributed by atoms with Gasteiger partial charge in [0.25, 0.3) is 0 Å². The fourth-order valence-electron chi connectivity index (χ4n) is 1.76. The highest BCUT2D eigenvalue weighted by atomic mass is 16.4. The smallest absolute Gasteiger partial charge is 0.328 e. The van der Waals surface area contributed by atoms with Gasteiger partial charge < -0.3 is 16.2 Å². The third-order valence-electron chi connectivity index (χ3n) is 2.69. The maximum absolute atomic E-state index is 10.5. The Hall–Kier alpha value is -2.73. The first kappa shape index (κ1) is 14.7. The summed E-state index contributed by atoms with van der Waals surface area (Å²) in [6, 6.07) is 7.43. The highest BCUT2D eigenvalue weighted by molar-refractivity contribution is 5.85. The number of aliphatic carboxylic acids is 1. The van der Waals surface area contributed by atoms with Crippen LogP contribution in [0.4, 0.5) is 5.82 Å². The summed E-state index contributed by atoms with van der Waals surface area (Å²) in [6.45, 7) is 1.14. The van der Waals surface area contributed by atoms with Crippen molar-refractivity contribution >= 4 is 17.9 Å². The molecule has 0 aliphatic carbocycles. The zero-order chi connectivity index (χ0) is 15.1. The second kappa shape index (κ2) is 7.16. The normalized spacial score (nSPS) is 10.7. The predicted molar refractivity (Wildman–Crippen MR) is 81.7 cm³/mol. The van der Waals surface area contributed by atoms with Crippen molar-refractivity contribution in [3.63, 3.8) is 0 Å². The third-order valence-corrected chi connectivity index (χ3v) is 2.69. The molecule has 21 heavy (non-hydrogen) atoms. The largest absolute Gasteiger partial charge is 0.478 e. The minimum absolute atomic E-state index is 0.515. The van der Waals surface area contributed by atoms with Gasteiger partial charge in [0.1, 0.15) is 5.82 Å². The molecule has 1 aromatic carbocycles. The van der Waals surface area contributed by atoms with Gasteiger partial charge in [-0.15, -0.1) is 0 Å². The van der Waals surface area contributed by atoms with E-state index in [0.717, 1.165) is 17.2 Å². The van der Waals surface area contributed by atoms with Crippen molar-refractivity contribution in [1.29, 1.82) is 0 Å². The molecule has 2 aromatic rings. The second-order valence-electron chi connectivity index (χ2n) is 4.30. The summed E-state index contributed by atoms with van der Waals surface area (Å²) >= 11 is 0. The van der Waals surface area contributed by atoms with Crippen LogP contribution >= 0.6 is 0 Å². The Balaban J connectivity index is 2.25. The summed E-state index contributed by atoms with van der Waals surface area (Å²) in [5.74, 6) is -0.322. The topological polar surface area (TPSA) is 101 Å². The number of aromatic nitrogens is 2. The maximum Gasteiger partial charge on any atom is 0.328 e. The molecule has 0 aliphatic heterocycles. The zero-order valence-corrected chi connectivity index (χ0v) is 11.4. The van der Waals surface area contributed by atoms with Crippen molar-refractivity contribution < 1.29 is 9.90 Å². The van der Waals surface area contributed by atoms with Crippen molar-refractivity contribution in [2.75, 3.05) is 18.4 Å². The molecule has 0 aliphatic rings. The highest BCUT2D eigenvalue weighted by Gasteiger charge is 2.02. The highest BCUT2D eigenvalue weighted by Crippen LogP contribution is 2.19. The summed E-state index contributed by atoms with van der Waals surface area (Å²) in [4.78, 5) is 19.1. The number of anilines is 1. The first-order valence-corrected chi connectivity index (χ1v) is 6.46. The molecule has 0 amide bonds. The molecule has 0 spiro atoms. The van der Waals surface area contributed by atoms with E-state index in [1.165, 1.54) is 6.08 Å². The van der Waals surface area contributed by atoms with Crippen molar-refractivity contribution in [3.8, 4) is 11.3 Å². The lowest BCUT2D eigenvalue weighted by Gasteiger charge is -2.06. The molecule has 4 N–H and O–H groups in total. The number of carbonyl (C=O) groups is 1. The lowest BCUT2D eigenvalue weighted by atomic mass is 10.1. The molecule has 0 atom stereocenters. The number of benzene rings is 1. The van der Waals surface area contributed by atoms with Crippen LogP contribution in [0.3, 0.4) is 0 Å². The van der Waals surface area contributed by atoms with Gasteiger partial charge in [0.15, 0.2) is 0 Å². The van der Waals surface area contributed by atoms with E-state index in [1.807, 2.05) is 24.3 Å². The lowest BCUT2D eigenvalue weighted by molar-refractivity contribution is -0.131. The maximum atomic E-state index is 10.5. The van der Waals surface area contributed by atoms with Crippen LogP contribution in [0.25, 0.3) is 17.3 Å². The molecular formula is C15H16N4O2. The van der Waals surface area contributed by atoms with Crippen LogP contribution in [0.5, 0.6) is 0 Å². The number of hydrogen-bond donors (Lipinski definition) is 3. The number of hydrogen-bond acceptors (Lipinski definition) is 5. The van der Waals surface area contributed by atoms with Gasteiger partial charge in [-0.25, -0.2) is 9.78 Å². The Bertz CT molecular complexity index is 656. The first-order chi connectivity index (χ1) is 10.2. The van der Waals surface area contributed by atoms with Crippen LogP contribution in [-0.2, 0) is 4.79 Å². The Labute approximate surface area is 122 Å². The number of nitrogens with two attached hydrogens (primary N) is 1. The lowest BCUT2D eigenvalue weighted by Crippen LogP contribution is -2.14. The number of rotatable bonds is 6. The van der Waals surface area contributed by atoms with Gasteiger partial charge in [-0.2, -0.15) is 0 Å². The Kier molecular flexibility index (Phi) is 5.00. The summed E-state index contributed by atoms with van der Waals surface area (Å²) in [7, 11) is 0. The summed E-state index contributed by atoms with van der Waals surface area (Å²) in [5.41, 5.74) is 7.80. The Morgan fingerprint density at radius 2 is 2.24 bits per heavy atom. The van der Waals surface area contributed by atoms with E-state index in [1.54, 1.807) is 12.4 Å². The van der Waals surface area contributed by atoms with Crippen LogP contribution in [-0.4, -0.2) is 34.1 Å². The van der Waals surface area contributed by atoms with Crippen LogP contribution in [0, 0.1) is 0 Å². The molecule has 0 bridgehead atoms. The van der Waals surface area contributed by atoms with Crippen molar-refractivity contribution in [1.82, 2.24) is 9.97 Å². The zero-order valence-electron chi connectivity index (χ0n) is 11.4. The standard InChI is InChI=1S/C15H16N4O2/c16-6-7-18-14-10-17-9-13(19-14)12-3-1-2-11(8-12)4-5-15(20)21/h1-5,8-10H,6-7,16H2,(H,18,19)(H,20,21)/b5-4+. The van der Waals surface area contributed by atoms with Crippen molar-refractivity contribution in [2.24, 2.45) is 5.73 Å². The molecular weight excluding hydrogens is 268 g/mol. The van der Waals surface area contributed by atoms with Gasteiger partial charge in [0.05, 0.1) is 18.1 Å². The molecule has 1 aromatic heterocycles. The quantitative estimate of drug-likeness (QED) is 0.697. The summed E-state index contributed by atoms with van der Waals surface area (Å²) < 4.78 is 0. The van der Waals surface area contributed by atoms with E-state index < -0.39 is 5.97 Å². The third kappa shape index (κ3) is 4.39. The monoisotopic (exact) mass is 284 g/mol. The molecule has 0 unspecified atom stereocenters. The fraction of sp³-hybridized carbons (Fsp3) is 0.133. The molecule has 2 rings (SSSR count). The molecule has 6 nitrogen and oxygen atoms in total. The van der Waals surface area contributed by atoms with Crippen molar-refractivity contribution in [2.45, 2.75) is 0 Å². The van der Waals surface area contributed by atoms with Crippen LogP contribution in [0.1, 0.15) is 5.56 Å². The number of carboxylic acid groups (broad SMARTS) is 1. The minimum atomic E-state index is -0.979. The minimum Gasteiger partial charge on any atom is -0.478 e. The van der Waals surface area contributed by atoms with E-state index in [0.29, 0.717) is 24.6 Å². The fourth-order valence-corrected chi connectivity index (χ4v) is 1.76. The average molecular weight is 284 g/mol. The summed E-state index contributed by atoms with van der Waals surface area (Å²) in [6.07, 6.45) is 5.93. The Morgan fingerprint density at radius 1 is 1.38 bits per heavy atom. The number of carboxylic acids is 1. The molecule has 108 valence electrons. The molecule has 0 fully saturated rings. The first-order valence-electron chi connectivity index (χ1n) is 6.46. The molecule has 6 heteroatoms. The predicted octanol–water partition coefficient (Wildman–Crippen LogP) is 1.61. The van der Waals surface area contributed by atoms with Crippen LogP contribution in [0.2, 0.25) is 0 Å². The number of nitrogens with one attached hydrogen (secondary N) is 1. The van der Waals surface area contributed by atoms with E-state index in [4.69, 9.17) is 10.8 Å². The van der Waals surface area contributed by atoms with E-state index in [9.17, 15) is 4.79 Å². The number of nitrogens with zero attached hydrogens (tertiary/aromatic N) is 2. The van der Waals surface area contributed by atoms with Gasteiger partial charge >= 0.3 is 5.97 Å². The van der Waals surface area contributed by atoms with Gasteiger partial charge in [-0.1, -0.05) is 18.2 Å². The molecule has 0 saturated heterocycles. The van der Waals surface area contributed by atoms with Crippen molar-refractivity contribution in [3.05, 3.63) is 48.3 Å². The van der Waals surface area contributed by atoms with Crippen LogP contribution < -0.4 is 11.1 Å². The summed E-state index contributed by atoms with van der Waals surface area (Å²) in [5, 5.41) is 11.7. The van der Waals surface area contributed by atoms with E-state index >= 15 is 0 Å². The average Bonchev–Trinajstić information content (AvgIpc) is 2.51.